The van der Waals surface area contributed by atoms with Gasteiger partial charge < -0.3 is 19.4 Å². The molecular formula is C19H25N3O3S. The number of hydrogen-bond acceptors (Lipinski definition) is 5. The number of ether oxygens (including phenoxy) is 2. The fourth-order valence-corrected chi connectivity index (χ4v) is 4.09. The van der Waals surface area contributed by atoms with Gasteiger partial charge in [-0.05, 0) is 25.0 Å². The van der Waals surface area contributed by atoms with E-state index in [9.17, 15) is 4.79 Å². The van der Waals surface area contributed by atoms with E-state index in [0.717, 1.165) is 5.16 Å². The van der Waals surface area contributed by atoms with Crippen LogP contribution in [0.3, 0.4) is 0 Å². The highest BCUT2D eigenvalue weighted by molar-refractivity contribution is 7.99. The van der Waals surface area contributed by atoms with Crippen molar-refractivity contribution in [2.75, 3.05) is 25.3 Å². The van der Waals surface area contributed by atoms with Gasteiger partial charge in [0, 0.05) is 24.5 Å². The van der Waals surface area contributed by atoms with Gasteiger partial charge in [-0.1, -0.05) is 31.0 Å². The van der Waals surface area contributed by atoms with Gasteiger partial charge in [-0.15, -0.1) is 0 Å². The minimum Gasteiger partial charge on any atom is -0.497 e. The molecule has 0 unspecified atom stereocenters. The van der Waals surface area contributed by atoms with Gasteiger partial charge in [0.25, 0.3) is 0 Å². The summed E-state index contributed by atoms with van der Waals surface area (Å²) in [5.41, 5.74) is 0.634. The summed E-state index contributed by atoms with van der Waals surface area (Å²) < 4.78 is 12.7. The maximum Gasteiger partial charge on any atom is 0.234 e. The summed E-state index contributed by atoms with van der Waals surface area (Å²) in [6.07, 6.45) is 10.1. The number of thioether (sulfide) groups is 1. The van der Waals surface area contributed by atoms with Crippen LogP contribution in [0.1, 0.15) is 38.1 Å². The van der Waals surface area contributed by atoms with E-state index >= 15 is 0 Å². The molecule has 1 aliphatic rings. The molecule has 1 N–H and O–H groups in total. The summed E-state index contributed by atoms with van der Waals surface area (Å²) in [6, 6.07) is 5.83. The Morgan fingerprint density at radius 2 is 2.08 bits per heavy atom. The SMILES string of the molecule is COc1ccc(NC(=O)CSc2nccn2C2CCCCC2)c(OC)c1. The van der Waals surface area contributed by atoms with Crippen LogP contribution in [-0.2, 0) is 4.79 Å². The molecule has 1 heterocycles. The summed E-state index contributed by atoms with van der Waals surface area (Å²) in [7, 11) is 3.16. The summed E-state index contributed by atoms with van der Waals surface area (Å²) in [5.74, 6) is 1.48. The Bertz CT molecular complexity index is 741. The Balaban J connectivity index is 1.59. The van der Waals surface area contributed by atoms with E-state index < -0.39 is 0 Å². The van der Waals surface area contributed by atoms with E-state index in [4.69, 9.17) is 9.47 Å². The Labute approximate surface area is 158 Å². The molecule has 0 saturated heterocycles. The van der Waals surface area contributed by atoms with Crippen LogP contribution in [0.25, 0.3) is 0 Å². The van der Waals surface area contributed by atoms with Crippen LogP contribution in [0.4, 0.5) is 5.69 Å². The zero-order chi connectivity index (χ0) is 18.4. The Kier molecular flexibility index (Phi) is 6.44. The van der Waals surface area contributed by atoms with Crippen LogP contribution in [0.5, 0.6) is 11.5 Å². The molecule has 3 rings (SSSR count). The highest BCUT2D eigenvalue weighted by Crippen LogP contribution is 2.32. The number of nitrogens with zero attached hydrogens (tertiary/aromatic N) is 2. The third-order valence-corrected chi connectivity index (χ3v) is 5.60. The molecule has 26 heavy (non-hydrogen) atoms. The number of aromatic nitrogens is 2. The minimum absolute atomic E-state index is 0.0864. The molecule has 1 aromatic carbocycles. The van der Waals surface area contributed by atoms with Crippen LogP contribution in [0, 0.1) is 0 Å². The first-order valence-corrected chi connectivity index (χ1v) is 9.87. The molecule has 1 saturated carbocycles. The minimum atomic E-state index is -0.0864. The van der Waals surface area contributed by atoms with Crippen molar-refractivity contribution in [2.24, 2.45) is 0 Å². The monoisotopic (exact) mass is 375 g/mol. The van der Waals surface area contributed by atoms with Crippen molar-refractivity contribution in [3.63, 3.8) is 0 Å². The maximum absolute atomic E-state index is 12.4. The predicted molar refractivity (Wildman–Crippen MR) is 103 cm³/mol. The number of anilines is 1. The first kappa shape index (κ1) is 18.6. The van der Waals surface area contributed by atoms with Crippen molar-refractivity contribution in [1.82, 2.24) is 9.55 Å². The molecular weight excluding hydrogens is 350 g/mol. The van der Waals surface area contributed by atoms with Crippen molar-refractivity contribution in [3.8, 4) is 11.5 Å². The fraction of sp³-hybridized carbons (Fsp3) is 0.474. The quantitative estimate of drug-likeness (QED) is 0.737. The van der Waals surface area contributed by atoms with Crippen molar-refractivity contribution in [2.45, 2.75) is 43.3 Å². The number of carbonyl (C=O) groups excluding carboxylic acids is 1. The van der Waals surface area contributed by atoms with Gasteiger partial charge in [-0.3, -0.25) is 4.79 Å². The molecule has 7 heteroatoms. The first-order valence-electron chi connectivity index (χ1n) is 8.88. The van der Waals surface area contributed by atoms with Gasteiger partial charge in [0.2, 0.25) is 5.91 Å². The van der Waals surface area contributed by atoms with E-state index in [1.807, 2.05) is 12.4 Å². The number of hydrogen-bond donors (Lipinski definition) is 1. The molecule has 1 fully saturated rings. The highest BCUT2D eigenvalue weighted by atomic mass is 32.2. The summed E-state index contributed by atoms with van der Waals surface area (Å²) in [5, 5.41) is 3.81. The maximum atomic E-state index is 12.4. The number of benzene rings is 1. The second kappa shape index (κ2) is 8.98. The highest BCUT2D eigenvalue weighted by Gasteiger charge is 2.18. The molecule has 140 valence electrons. The van der Waals surface area contributed by atoms with Gasteiger partial charge in [0.15, 0.2) is 5.16 Å². The van der Waals surface area contributed by atoms with Gasteiger partial charge >= 0.3 is 0 Å². The Hall–Kier alpha value is -2.15. The van der Waals surface area contributed by atoms with Gasteiger partial charge in [-0.25, -0.2) is 4.98 Å². The number of carbonyl (C=O) groups is 1. The van der Waals surface area contributed by atoms with Gasteiger partial charge in [0.1, 0.15) is 11.5 Å². The normalized spacial score (nSPS) is 14.8. The molecule has 0 atom stereocenters. The average Bonchev–Trinajstić information content (AvgIpc) is 3.16. The Morgan fingerprint density at radius 3 is 2.81 bits per heavy atom. The largest absolute Gasteiger partial charge is 0.497 e. The zero-order valence-corrected chi connectivity index (χ0v) is 16.1. The van der Waals surface area contributed by atoms with Crippen molar-refractivity contribution >= 4 is 23.4 Å². The lowest BCUT2D eigenvalue weighted by Crippen LogP contribution is -2.16. The molecule has 6 nitrogen and oxygen atoms in total. The zero-order valence-electron chi connectivity index (χ0n) is 15.2. The molecule has 1 aromatic heterocycles. The fourth-order valence-electron chi connectivity index (χ4n) is 3.27. The lowest BCUT2D eigenvalue weighted by Gasteiger charge is -2.24. The van der Waals surface area contributed by atoms with Crippen LogP contribution in [-0.4, -0.2) is 35.4 Å². The third kappa shape index (κ3) is 4.52. The number of rotatable bonds is 7. The third-order valence-electron chi connectivity index (χ3n) is 4.62. The van der Waals surface area contributed by atoms with E-state index in [1.54, 1.807) is 32.4 Å². The molecule has 2 aromatic rings. The van der Waals surface area contributed by atoms with Crippen molar-refractivity contribution in [3.05, 3.63) is 30.6 Å². The van der Waals surface area contributed by atoms with E-state index in [0.29, 0.717) is 29.0 Å². The van der Waals surface area contributed by atoms with E-state index in [2.05, 4.69) is 14.9 Å². The van der Waals surface area contributed by atoms with Gasteiger partial charge in [0.05, 0.1) is 25.7 Å². The second-order valence-electron chi connectivity index (χ2n) is 6.31. The molecule has 1 aliphatic carbocycles. The van der Waals surface area contributed by atoms with Crippen LogP contribution >= 0.6 is 11.8 Å². The van der Waals surface area contributed by atoms with Crippen LogP contribution in [0.15, 0.2) is 35.7 Å². The molecule has 1 amide bonds. The molecule has 0 aliphatic heterocycles. The summed E-state index contributed by atoms with van der Waals surface area (Å²) in [4.78, 5) is 16.8. The molecule has 0 radical (unpaired) electrons. The van der Waals surface area contributed by atoms with Gasteiger partial charge in [-0.2, -0.15) is 0 Å². The smallest absolute Gasteiger partial charge is 0.234 e. The van der Waals surface area contributed by atoms with E-state index in [1.165, 1.54) is 43.9 Å². The summed E-state index contributed by atoms with van der Waals surface area (Å²) in [6.45, 7) is 0. The Morgan fingerprint density at radius 1 is 1.27 bits per heavy atom. The number of imidazole rings is 1. The number of amides is 1. The standard InChI is InChI=1S/C19H25N3O3S/c1-24-15-8-9-16(17(12-15)25-2)21-18(23)13-26-19-20-10-11-22(19)14-6-4-3-5-7-14/h8-12,14H,3-7,13H2,1-2H3,(H,21,23). The van der Waals surface area contributed by atoms with Crippen molar-refractivity contribution in [1.29, 1.82) is 0 Å². The average molecular weight is 375 g/mol. The topological polar surface area (TPSA) is 65.4 Å². The lowest BCUT2D eigenvalue weighted by molar-refractivity contribution is -0.113. The molecule has 0 spiro atoms. The van der Waals surface area contributed by atoms with Crippen LogP contribution < -0.4 is 14.8 Å². The molecule has 0 bridgehead atoms. The van der Waals surface area contributed by atoms with Crippen LogP contribution in [0.2, 0.25) is 0 Å². The lowest BCUT2D eigenvalue weighted by atomic mass is 9.95. The number of methoxy groups -OCH3 is 2. The number of nitrogens with one attached hydrogen (secondary N) is 1. The summed E-state index contributed by atoms with van der Waals surface area (Å²) >= 11 is 1.47. The van der Waals surface area contributed by atoms with Crippen molar-refractivity contribution < 1.29 is 14.3 Å². The van der Waals surface area contributed by atoms with E-state index in [-0.39, 0.29) is 5.91 Å². The first-order chi connectivity index (χ1) is 12.7. The second-order valence-corrected chi connectivity index (χ2v) is 7.25. The predicted octanol–water partition coefficient (Wildman–Crippen LogP) is 4.14.